The fourth-order valence-electron chi connectivity index (χ4n) is 2.44. The lowest BCUT2D eigenvalue weighted by Gasteiger charge is -2.19. The Hall–Kier alpha value is -1.34. The average molecular weight is 364 g/mol. The number of alkyl halides is 3. The van der Waals surface area contributed by atoms with Gasteiger partial charge in [-0.2, -0.15) is 18.3 Å². The third kappa shape index (κ3) is 5.35. The van der Waals surface area contributed by atoms with Crippen LogP contribution in [0.5, 0.6) is 0 Å². The van der Waals surface area contributed by atoms with Gasteiger partial charge in [-0.05, 0) is 62.0 Å². The number of thiocarbonyl (C=S) groups is 1. The van der Waals surface area contributed by atoms with Crippen molar-refractivity contribution in [2.24, 2.45) is 11.0 Å². The van der Waals surface area contributed by atoms with Crippen molar-refractivity contribution in [1.82, 2.24) is 5.43 Å². The van der Waals surface area contributed by atoms with Gasteiger partial charge in [0.2, 0.25) is 0 Å². The summed E-state index contributed by atoms with van der Waals surface area (Å²) in [6.45, 7) is 2.16. The van der Waals surface area contributed by atoms with Gasteiger partial charge >= 0.3 is 6.18 Å². The van der Waals surface area contributed by atoms with Crippen LogP contribution in [0.15, 0.2) is 23.3 Å². The van der Waals surface area contributed by atoms with Crippen LogP contribution < -0.4 is 10.7 Å². The van der Waals surface area contributed by atoms with Crippen LogP contribution in [-0.2, 0) is 6.18 Å². The van der Waals surface area contributed by atoms with E-state index in [2.05, 4.69) is 22.8 Å². The second-order valence-corrected chi connectivity index (χ2v) is 6.45. The lowest BCUT2D eigenvalue weighted by Crippen LogP contribution is -2.26. The van der Waals surface area contributed by atoms with E-state index in [1.54, 1.807) is 0 Å². The molecule has 0 amide bonds. The Kier molecular flexibility index (Phi) is 5.86. The summed E-state index contributed by atoms with van der Waals surface area (Å²) in [4.78, 5) is 0. The lowest BCUT2D eigenvalue weighted by molar-refractivity contribution is -0.137. The number of benzene rings is 1. The van der Waals surface area contributed by atoms with Crippen LogP contribution in [-0.4, -0.2) is 10.8 Å². The van der Waals surface area contributed by atoms with E-state index in [0.717, 1.165) is 37.1 Å². The molecule has 1 saturated carbocycles. The van der Waals surface area contributed by atoms with E-state index in [1.807, 2.05) is 0 Å². The molecule has 0 aliphatic heterocycles. The van der Waals surface area contributed by atoms with Crippen molar-refractivity contribution >= 4 is 40.3 Å². The van der Waals surface area contributed by atoms with Gasteiger partial charge in [0.05, 0.1) is 16.3 Å². The summed E-state index contributed by atoms with van der Waals surface area (Å²) in [6, 6.07) is 3.03. The number of hydrazone groups is 1. The Labute approximate surface area is 143 Å². The molecular formula is C15H17ClF3N3S. The molecule has 1 aliphatic rings. The van der Waals surface area contributed by atoms with Crippen LogP contribution in [0.4, 0.5) is 18.9 Å². The molecule has 1 fully saturated rings. The van der Waals surface area contributed by atoms with Gasteiger partial charge in [0, 0.05) is 5.71 Å². The van der Waals surface area contributed by atoms with Crippen LogP contribution >= 0.6 is 23.8 Å². The summed E-state index contributed by atoms with van der Waals surface area (Å²) >= 11 is 11.0. The lowest BCUT2D eigenvalue weighted by atomic mass is 9.89. The molecule has 3 nitrogen and oxygen atoms in total. The van der Waals surface area contributed by atoms with Crippen molar-refractivity contribution in [3.8, 4) is 0 Å². The summed E-state index contributed by atoms with van der Waals surface area (Å²) in [5, 5.41) is 7.15. The van der Waals surface area contributed by atoms with E-state index in [-0.39, 0.29) is 15.8 Å². The van der Waals surface area contributed by atoms with Crippen molar-refractivity contribution in [3.05, 3.63) is 28.8 Å². The molecule has 8 heteroatoms. The number of halogens is 4. The Morgan fingerprint density at radius 3 is 2.78 bits per heavy atom. The van der Waals surface area contributed by atoms with E-state index >= 15 is 0 Å². The van der Waals surface area contributed by atoms with E-state index in [9.17, 15) is 13.2 Å². The van der Waals surface area contributed by atoms with E-state index in [4.69, 9.17) is 23.8 Å². The molecule has 1 atom stereocenters. The highest BCUT2D eigenvalue weighted by Gasteiger charge is 2.31. The first-order chi connectivity index (χ1) is 10.8. The number of anilines is 1. The number of rotatable bonds is 2. The Bertz CT molecular complexity index is 616. The topological polar surface area (TPSA) is 36.4 Å². The van der Waals surface area contributed by atoms with Crippen molar-refractivity contribution < 1.29 is 13.2 Å². The molecule has 0 spiro atoms. The Morgan fingerprint density at radius 1 is 1.39 bits per heavy atom. The fraction of sp³-hybridized carbons (Fsp3) is 0.467. The highest BCUT2D eigenvalue weighted by atomic mass is 35.5. The first-order valence-electron chi connectivity index (χ1n) is 7.25. The maximum Gasteiger partial charge on any atom is 0.416 e. The third-order valence-electron chi connectivity index (χ3n) is 3.60. The molecule has 23 heavy (non-hydrogen) atoms. The minimum absolute atomic E-state index is 0.0937. The summed E-state index contributed by atoms with van der Waals surface area (Å²) in [5.74, 6) is 0.587. The van der Waals surface area contributed by atoms with Gasteiger partial charge in [-0.1, -0.05) is 18.5 Å². The summed E-state index contributed by atoms with van der Waals surface area (Å²) < 4.78 is 38.2. The number of hydrogen-bond acceptors (Lipinski definition) is 2. The predicted molar refractivity (Wildman–Crippen MR) is 90.9 cm³/mol. The molecule has 1 aliphatic carbocycles. The maximum absolute atomic E-state index is 12.7. The molecule has 0 heterocycles. The number of hydrogen-bond donors (Lipinski definition) is 2. The van der Waals surface area contributed by atoms with Crippen molar-refractivity contribution in [2.75, 3.05) is 5.32 Å². The molecule has 0 unspecified atom stereocenters. The van der Waals surface area contributed by atoms with Crippen molar-refractivity contribution in [3.63, 3.8) is 0 Å². The maximum atomic E-state index is 12.7. The molecule has 2 rings (SSSR count). The van der Waals surface area contributed by atoms with Crippen LogP contribution in [0.25, 0.3) is 0 Å². The molecule has 126 valence electrons. The van der Waals surface area contributed by atoms with E-state index in [0.29, 0.717) is 5.92 Å². The van der Waals surface area contributed by atoms with Gasteiger partial charge in [-0.15, -0.1) is 0 Å². The second-order valence-electron chi connectivity index (χ2n) is 5.64. The SMILES string of the molecule is C[C@H]1CCC/C(=N/NC(=S)Nc2cc(C(F)(F)F)ccc2Cl)C1. The first kappa shape index (κ1) is 18.0. The predicted octanol–water partition coefficient (Wildman–Crippen LogP) is 5.21. The highest BCUT2D eigenvalue weighted by molar-refractivity contribution is 7.80. The molecule has 0 radical (unpaired) electrons. The molecular weight excluding hydrogens is 347 g/mol. The van der Waals surface area contributed by atoms with Gasteiger partial charge in [0.25, 0.3) is 0 Å². The molecule has 0 saturated heterocycles. The zero-order chi connectivity index (χ0) is 17.0. The normalized spacial score (nSPS) is 20.4. The molecule has 1 aromatic rings. The molecule has 0 bridgehead atoms. The van der Waals surface area contributed by atoms with Crippen molar-refractivity contribution in [2.45, 2.75) is 38.8 Å². The fourth-order valence-corrected chi connectivity index (χ4v) is 2.76. The summed E-state index contributed by atoms with van der Waals surface area (Å²) in [5.41, 5.74) is 2.99. The number of nitrogens with zero attached hydrogens (tertiary/aromatic N) is 1. The zero-order valence-corrected chi connectivity index (χ0v) is 14.1. The minimum atomic E-state index is -4.44. The minimum Gasteiger partial charge on any atom is -0.330 e. The number of nitrogens with one attached hydrogen (secondary N) is 2. The Morgan fingerprint density at radius 2 is 2.13 bits per heavy atom. The standard InChI is InChI=1S/C15H17ClF3N3S/c1-9-3-2-4-11(7-9)21-22-14(23)20-13-8-10(15(17,18)19)5-6-12(13)16/h5-6,8-9H,2-4,7H2,1H3,(H2,20,22,23)/b21-11-/t9-/m0/s1. The average Bonchev–Trinajstić information content (AvgIpc) is 2.46. The summed E-state index contributed by atoms with van der Waals surface area (Å²) in [7, 11) is 0. The molecule has 0 aromatic heterocycles. The van der Waals surface area contributed by atoms with Gasteiger partial charge < -0.3 is 5.32 Å². The van der Waals surface area contributed by atoms with Gasteiger partial charge in [-0.25, -0.2) is 0 Å². The van der Waals surface area contributed by atoms with Gasteiger partial charge in [-0.3, -0.25) is 5.43 Å². The van der Waals surface area contributed by atoms with Gasteiger partial charge in [0.1, 0.15) is 0 Å². The quantitative estimate of drug-likeness (QED) is 0.559. The van der Waals surface area contributed by atoms with Crippen molar-refractivity contribution in [1.29, 1.82) is 0 Å². The van der Waals surface area contributed by atoms with Crippen LogP contribution in [0.3, 0.4) is 0 Å². The largest absolute Gasteiger partial charge is 0.416 e. The van der Waals surface area contributed by atoms with Crippen LogP contribution in [0.1, 0.15) is 38.2 Å². The smallest absolute Gasteiger partial charge is 0.330 e. The third-order valence-corrected chi connectivity index (χ3v) is 4.13. The van der Waals surface area contributed by atoms with Gasteiger partial charge in [0.15, 0.2) is 5.11 Å². The second kappa shape index (κ2) is 7.49. The molecule has 1 aromatic carbocycles. The highest BCUT2D eigenvalue weighted by Crippen LogP contribution is 2.33. The van der Waals surface area contributed by atoms with Crippen LogP contribution in [0, 0.1) is 5.92 Å². The van der Waals surface area contributed by atoms with Crippen LogP contribution in [0.2, 0.25) is 5.02 Å². The monoisotopic (exact) mass is 363 g/mol. The first-order valence-corrected chi connectivity index (χ1v) is 8.03. The van der Waals surface area contributed by atoms with E-state index in [1.165, 1.54) is 12.5 Å². The zero-order valence-electron chi connectivity index (χ0n) is 12.5. The summed E-state index contributed by atoms with van der Waals surface area (Å²) in [6.07, 6.45) is -0.360. The molecule has 2 N–H and O–H groups in total. The Balaban J connectivity index is 2.01. The van der Waals surface area contributed by atoms with E-state index < -0.39 is 11.7 Å².